The molecule has 1 aliphatic carbocycles. The third-order valence-electron chi connectivity index (χ3n) is 6.29. The number of thiazole rings is 1. The van der Waals surface area contributed by atoms with Gasteiger partial charge in [0.1, 0.15) is 0 Å². The lowest BCUT2D eigenvalue weighted by atomic mass is 9.84. The molecule has 0 radical (unpaired) electrons. The Morgan fingerprint density at radius 3 is 2.70 bits per heavy atom. The van der Waals surface area contributed by atoms with E-state index in [1.807, 2.05) is 54.6 Å². The molecule has 0 bridgehead atoms. The van der Waals surface area contributed by atoms with Crippen LogP contribution in [0, 0.1) is 0 Å². The third-order valence-corrected chi connectivity index (χ3v) is 7.77. The van der Waals surface area contributed by atoms with E-state index in [1.54, 1.807) is 4.57 Å². The zero-order chi connectivity index (χ0) is 22.5. The lowest BCUT2D eigenvalue weighted by Crippen LogP contribution is -2.40. The van der Waals surface area contributed by atoms with Crippen molar-refractivity contribution in [1.82, 2.24) is 4.57 Å². The molecular formula is C27H19BrN2O2S. The van der Waals surface area contributed by atoms with E-state index in [4.69, 9.17) is 4.99 Å². The Hall–Kier alpha value is -3.09. The molecule has 4 aromatic rings. The first kappa shape index (κ1) is 20.5. The fourth-order valence-electron chi connectivity index (χ4n) is 4.84. The van der Waals surface area contributed by atoms with Crippen LogP contribution in [0.1, 0.15) is 36.4 Å². The van der Waals surface area contributed by atoms with Crippen molar-refractivity contribution in [1.29, 1.82) is 0 Å². The van der Waals surface area contributed by atoms with Crippen LogP contribution < -0.4 is 14.9 Å². The number of ketones is 1. The van der Waals surface area contributed by atoms with Crippen LogP contribution in [0.2, 0.25) is 0 Å². The first-order valence-electron chi connectivity index (χ1n) is 10.9. The van der Waals surface area contributed by atoms with E-state index in [2.05, 4.69) is 34.1 Å². The van der Waals surface area contributed by atoms with Crippen molar-refractivity contribution in [2.24, 2.45) is 4.99 Å². The minimum absolute atomic E-state index is 0.0965. The van der Waals surface area contributed by atoms with Gasteiger partial charge < -0.3 is 0 Å². The van der Waals surface area contributed by atoms with Gasteiger partial charge in [-0.3, -0.25) is 14.2 Å². The number of benzene rings is 3. The molecule has 6 heteroatoms. The summed E-state index contributed by atoms with van der Waals surface area (Å²) in [5.74, 6) is 0.0965. The molecule has 6 rings (SSSR count). The average Bonchev–Trinajstić information content (AvgIpc) is 3.12. The number of hydrogen-bond donors (Lipinski definition) is 0. The molecule has 0 saturated carbocycles. The maximum Gasteiger partial charge on any atom is 0.271 e. The SMILES string of the molecule is O=C1CCCC2=C1C(c1cccc3ccccc13)n1c(sc(=Cc3cccc(Br)c3)c1=O)=N2. The molecule has 1 aromatic heterocycles. The number of aromatic nitrogens is 1. The monoisotopic (exact) mass is 514 g/mol. The molecule has 0 saturated heterocycles. The molecule has 0 N–H and O–H groups in total. The lowest BCUT2D eigenvalue weighted by Gasteiger charge is -2.29. The van der Waals surface area contributed by atoms with Gasteiger partial charge in [0.05, 0.1) is 16.3 Å². The second-order valence-electron chi connectivity index (χ2n) is 8.34. The van der Waals surface area contributed by atoms with Crippen LogP contribution in [0.4, 0.5) is 0 Å². The number of fused-ring (bicyclic) bond motifs is 2. The van der Waals surface area contributed by atoms with Crippen LogP contribution in [-0.4, -0.2) is 10.4 Å². The predicted molar refractivity (Wildman–Crippen MR) is 135 cm³/mol. The Morgan fingerprint density at radius 1 is 1.00 bits per heavy atom. The molecule has 0 amide bonds. The molecule has 0 spiro atoms. The van der Waals surface area contributed by atoms with E-state index in [-0.39, 0.29) is 11.3 Å². The quantitative estimate of drug-likeness (QED) is 0.382. The smallest absolute Gasteiger partial charge is 0.271 e. The van der Waals surface area contributed by atoms with Crippen molar-refractivity contribution < 1.29 is 4.79 Å². The number of carbonyl (C=O) groups excluding carboxylic acids is 1. The molecule has 3 aromatic carbocycles. The van der Waals surface area contributed by atoms with Gasteiger partial charge in [-0.05, 0) is 52.9 Å². The fraction of sp³-hybridized carbons (Fsp3) is 0.148. The highest BCUT2D eigenvalue weighted by atomic mass is 79.9. The topological polar surface area (TPSA) is 51.4 Å². The van der Waals surface area contributed by atoms with E-state index in [9.17, 15) is 9.59 Å². The Labute approximate surface area is 202 Å². The van der Waals surface area contributed by atoms with Crippen molar-refractivity contribution in [3.63, 3.8) is 0 Å². The van der Waals surface area contributed by atoms with Crippen LogP contribution in [0.25, 0.3) is 16.8 Å². The first-order valence-corrected chi connectivity index (χ1v) is 12.5. The predicted octanol–water partition coefficient (Wildman–Crippen LogP) is 4.88. The van der Waals surface area contributed by atoms with E-state index in [0.29, 0.717) is 21.3 Å². The van der Waals surface area contributed by atoms with Gasteiger partial charge >= 0.3 is 0 Å². The molecule has 2 heterocycles. The molecule has 2 aliphatic rings. The normalized spacial score (nSPS) is 18.3. The number of rotatable bonds is 2. The van der Waals surface area contributed by atoms with Crippen molar-refractivity contribution >= 4 is 49.9 Å². The second kappa shape index (κ2) is 8.04. The summed E-state index contributed by atoms with van der Waals surface area (Å²) in [6.45, 7) is 0. The van der Waals surface area contributed by atoms with E-state index >= 15 is 0 Å². The summed E-state index contributed by atoms with van der Waals surface area (Å²) in [5.41, 5.74) is 3.32. The standard InChI is InChI=1S/C27H19BrN2O2S/c28-18-9-3-6-16(14-18)15-23-26(32)30-25(20-11-4-8-17-7-1-2-10-19(17)20)24-21(29-27(30)33-23)12-5-13-22(24)31/h1-4,6-11,14-15,25H,5,12-13H2. The van der Waals surface area contributed by atoms with Gasteiger partial charge in [0.15, 0.2) is 10.6 Å². The van der Waals surface area contributed by atoms with E-state index in [1.165, 1.54) is 11.3 Å². The number of halogens is 1. The summed E-state index contributed by atoms with van der Waals surface area (Å²) in [6.07, 6.45) is 3.97. The van der Waals surface area contributed by atoms with E-state index < -0.39 is 6.04 Å². The summed E-state index contributed by atoms with van der Waals surface area (Å²) in [7, 11) is 0. The molecule has 1 atom stereocenters. The minimum atomic E-state index is -0.459. The maximum atomic E-state index is 13.7. The highest BCUT2D eigenvalue weighted by molar-refractivity contribution is 9.10. The Morgan fingerprint density at radius 2 is 1.82 bits per heavy atom. The largest absolute Gasteiger partial charge is 0.294 e. The maximum absolute atomic E-state index is 13.7. The van der Waals surface area contributed by atoms with Gasteiger partial charge in [-0.25, -0.2) is 4.99 Å². The Balaban J connectivity index is 1.66. The number of hydrogen-bond acceptors (Lipinski definition) is 4. The Bertz CT molecular complexity index is 1660. The van der Waals surface area contributed by atoms with Crippen LogP contribution in [0.5, 0.6) is 0 Å². The second-order valence-corrected chi connectivity index (χ2v) is 10.3. The van der Waals surface area contributed by atoms with Gasteiger partial charge in [-0.1, -0.05) is 81.9 Å². The van der Waals surface area contributed by atoms with Crippen molar-refractivity contribution in [2.75, 3.05) is 0 Å². The van der Waals surface area contributed by atoms with E-state index in [0.717, 1.165) is 44.9 Å². The number of Topliss-reactive ketones (excluding diaryl/α,β-unsaturated/α-hetero) is 1. The van der Waals surface area contributed by atoms with Crippen molar-refractivity contribution in [2.45, 2.75) is 25.3 Å². The molecule has 1 unspecified atom stereocenters. The lowest BCUT2D eigenvalue weighted by molar-refractivity contribution is -0.116. The van der Waals surface area contributed by atoms with Gasteiger partial charge in [0.25, 0.3) is 5.56 Å². The van der Waals surface area contributed by atoms with Crippen LogP contribution >= 0.6 is 27.3 Å². The molecule has 33 heavy (non-hydrogen) atoms. The van der Waals surface area contributed by atoms with Crippen LogP contribution in [0.15, 0.2) is 92.3 Å². The fourth-order valence-corrected chi connectivity index (χ4v) is 6.28. The van der Waals surface area contributed by atoms with Gasteiger partial charge in [0, 0.05) is 16.5 Å². The highest BCUT2D eigenvalue weighted by Gasteiger charge is 2.35. The summed E-state index contributed by atoms with van der Waals surface area (Å²) < 4.78 is 3.31. The summed E-state index contributed by atoms with van der Waals surface area (Å²) >= 11 is 4.89. The average molecular weight is 515 g/mol. The number of carbonyl (C=O) groups is 1. The first-order chi connectivity index (χ1) is 16.1. The van der Waals surface area contributed by atoms with Gasteiger partial charge in [-0.2, -0.15) is 0 Å². The van der Waals surface area contributed by atoms with Crippen LogP contribution in [-0.2, 0) is 4.79 Å². The molecule has 1 aliphatic heterocycles. The van der Waals surface area contributed by atoms with Crippen molar-refractivity contribution in [3.05, 3.63) is 113 Å². The molecule has 0 fully saturated rings. The Kier molecular flexibility index (Phi) is 5.00. The van der Waals surface area contributed by atoms with Crippen molar-refractivity contribution in [3.8, 4) is 0 Å². The molecule has 4 nitrogen and oxygen atoms in total. The van der Waals surface area contributed by atoms with Gasteiger partial charge in [0.2, 0.25) is 0 Å². The molecular weight excluding hydrogens is 496 g/mol. The highest BCUT2D eigenvalue weighted by Crippen LogP contribution is 2.38. The summed E-state index contributed by atoms with van der Waals surface area (Å²) in [5, 5.41) is 2.15. The molecule has 162 valence electrons. The van der Waals surface area contributed by atoms with Crippen LogP contribution in [0.3, 0.4) is 0 Å². The third kappa shape index (κ3) is 3.45. The minimum Gasteiger partial charge on any atom is -0.294 e. The number of nitrogens with zero attached hydrogens (tertiary/aromatic N) is 2. The zero-order valence-corrected chi connectivity index (χ0v) is 20.0. The summed E-state index contributed by atoms with van der Waals surface area (Å²) in [4.78, 5) is 32.4. The zero-order valence-electron chi connectivity index (χ0n) is 17.6. The summed E-state index contributed by atoms with van der Waals surface area (Å²) in [6, 6.07) is 21.6. The number of allylic oxidation sites excluding steroid dienone is 2. The van der Waals surface area contributed by atoms with Gasteiger partial charge in [-0.15, -0.1) is 0 Å².